The van der Waals surface area contributed by atoms with Crippen molar-refractivity contribution in [3.05, 3.63) is 29.8 Å². The molecule has 0 spiro atoms. The maximum absolute atomic E-state index is 3.28. The zero-order chi connectivity index (χ0) is 4.83. The van der Waals surface area contributed by atoms with Crippen LogP contribution in [0.4, 0.5) is 0 Å². The van der Waals surface area contributed by atoms with E-state index in [4.69, 9.17) is 0 Å². The molecule has 0 saturated heterocycles. The fourth-order valence-corrected chi connectivity index (χ4v) is 0.123. The topological polar surface area (TPSA) is 0 Å². The second-order valence-corrected chi connectivity index (χ2v) is 0.735. The molecule has 0 atom stereocenters. The molecule has 0 N–H and O–H groups in total. The van der Waals surface area contributed by atoms with E-state index in [2.05, 4.69) is 23.8 Å². The fourth-order valence-electron chi connectivity index (χ4n) is 0.123. The maximum atomic E-state index is 3.28. The smallest absolute Gasteiger partial charge is 0.0200 e. The first-order valence-corrected chi connectivity index (χ1v) is 1.72. The summed E-state index contributed by atoms with van der Waals surface area (Å²) < 4.78 is 0. The summed E-state index contributed by atoms with van der Waals surface area (Å²) >= 11 is 0. The van der Waals surface area contributed by atoms with Crippen molar-refractivity contribution in [2.24, 2.45) is 0 Å². The Labute approximate surface area is 37.8 Å². The van der Waals surface area contributed by atoms with Gasteiger partial charge in [0.15, 0.2) is 0 Å². The van der Waals surface area contributed by atoms with Gasteiger partial charge in [0.2, 0.25) is 0 Å². The van der Waals surface area contributed by atoms with Gasteiger partial charge in [-0.05, 0) is 25.3 Å². The van der Waals surface area contributed by atoms with Gasteiger partial charge in [0.1, 0.15) is 0 Å². The highest BCUT2D eigenvalue weighted by Crippen LogP contribution is 1.52. The minimum atomic E-state index is 1.75. The van der Waals surface area contributed by atoms with Gasteiger partial charge in [0.25, 0.3) is 0 Å². The van der Waals surface area contributed by atoms with Crippen molar-refractivity contribution in [3.63, 3.8) is 0 Å². The average molecular weight is 78.1 g/mol. The van der Waals surface area contributed by atoms with E-state index < -0.39 is 0 Å². The SMILES string of the molecule is C=C=C=C=CC. The quantitative estimate of drug-likeness (QED) is 0.386. The van der Waals surface area contributed by atoms with Crippen LogP contribution in [0.1, 0.15) is 6.92 Å². The Morgan fingerprint density at radius 3 is 2.50 bits per heavy atom. The lowest BCUT2D eigenvalue weighted by molar-refractivity contribution is 1.78. The first-order chi connectivity index (χ1) is 2.91. The van der Waals surface area contributed by atoms with Crippen molar-refractivity contribution in [2.45, 2.75) is 6.92 Å². The summed E-state index contributed by atoms with van der Waals surface area (Å²) in [5.74, 6) is 0. The van der Waals surface area contributed by atoms with Crippen LogP contribution in [0.3, 0.4) is 0 Å². The summed E-state index contributed by atoms with van der Waals surface area (Å²) in [4.78, 5) is 0. The van der Waals surface area contributed by atoms with Crippen molar-refractivity contribution >= 4 is 0 Å². The molecule has 0 saturated carbocycles. The van der Waals surface area contributed by atoms with Gasteiger partial charge < -0.3 is 0 Å². The molecule has 30 valence electrons. The van der Waals surface area contributed by atoms with Crippen LogP contribution in [-0.2, 0) is 0 Å². The lowest BCUT2D eigenvalue weighted by Crippen LogP contribution is -1.21. The second-order valence-electron chi connectivity index (χ2n) is 0.735. The molecule has 0 aliphatic carbocycles. The largest absolute Gasteiger partial charge is 0.0693 e. The van der Waals surface area contributed by atoms with Crippen LogP contribution < -0.4 is 0 Å². The summed E-state index contributed by atoms with van der Waals surface area (Å²) in [6, 6.07) is 0. The van der Waals surface area contributed by atoms with Gasteiger partial charge in [-0.3, -0.25) is 0 Å². The monoisotopic (exact) mass is 78.0 g/mol. The Morgan fingerprint density at radius 2 is 2.33 bits per heavy atom. The molecular weight excluding hydrogens is 72.1 g/mol. The summed E-state index contributed by atoms with van der Waals surface area (Å²) in [7, 11) is 0. The first kappa shape index (κ1) is 5.08. The molecule has 0 heterocycles. The molecule has 0 radical (unpaired) electrons. The zero-order valence-electron chi connectivity index (χ0n) is 3.78. The van der Waals surface area contributed by atoms with Gasteiger partial charge >= 0.3 is 0 Å². The molecular formula is C6H6. The van der Waals surface area contributed by atoms with Gasteiger partial charge in [-0.1, -0.05) is 11.5 Å². The van der Waals surface area contributed by atoms with Crippen molar-refractivity contribution in [1.82, 2.24) is 0 Å². The average Bonchev–Trinajstić information content (AvgIpc) is 1.61. The normalized spacial score (nSPS) is 4.17. The highest BCUT2D eigenvalue weighted by molar-refractivity contribution is 4.80. The first-order valence-electron chi connectivity index (χ1n) is 1.72. The van der Waals surface area contributed by atoms with E-state index in [1.807, 2.05) is 6.92 Å². The lowest BCUT2D eigenvalue weighted by atomic mass is 10.6. The Hall–Kier alpha value is -0.920. The van der Waals surface area contributed by atoms with Gasteiger partial charge in [0.05, 0.1) is 0 Å². The summed E-state index contributed by atoms with van der Waals surface area (Å²) in [6.45, 7) is 5.14. The Bertz CT molecular complexity index is 124. The molecule has 0 aliphatic rings. The standard InChI is InChI=1S/C6H6/c1-3-5-6-4-2/h4H,1H2,2H3. The highest BCUT2D eigenvalue weighted by Gasteiger charge is 1.32. The molecule has 0 rings (SSSR count). The van der Waals surface area contributed by atoms with Crippen LogP contribution >= 0.6 is 0 Å². The van der Waals surface area contributed by atoms with E-state index in [1.54, 1.807) is 6.08 Å². The van der Waals surface area contributed by atoms with Crippen molar-refractivity contribution in [2.75, 3.05) is 0 Å². The number of rotatable bonds is 0. The summed E-state index contributed by atoms with van der Waals surface area (Å²) in [6.07, 6.45) is 1.75. The molecule has 0 unspecified atom stereocenters. The molecule has 0 amide bonds. The fraction of sp³-hybridized carbons (Fsp3) is 0.167. The summed E-state index contributed by atoms with van der Waals surface area (Å²) in [5.41, 5.74) is 7.61. The molecule has 0 heteroatoms. The van der Waals surface area contributed by atoms with Crippen molar-refractivity contribution < 1.29 is 0 Å². The zero-order valence-corrected chi connectivity index (χ0v) is 3.78. The van der Waals surface area contributed by atoms with Crippen LogP contribution in [0.25, 0.3) is 0 Å². The Morgan fingerprint density at radius 1 is 1.67 bits per heavy atom. The maximum Gasteiger partial charge on any atom is -0.0200 e. The van der Waals surface area contributed by atoms with E-state index in [0.29, 0.717) is 0 Å². The predicted molar refractivity (Wildman–Crippen MR) is 26.4 cm³/mol. The molecule has 6 heavy (non-hydrogen) atoms. The number of hydrogen-bond acceptors (Lipinski definition) is 0. The molecule has 0 nitrogen and oxygen atoms in total. The van der Waals surface area contributed by atoms with E-state index in [9.17, 15) is 0 Å². The molecule has 0 aromatic carbocycles. The van der Waals surface area contributed by atoms with Crippen LogP contribution in [0, 0.1) is 0 Å². The van der Waals surface area contributed by atoms with Gasteiger partial charge in [0, 0.05) is 0 Å². The van der Waals surface area contributed by atoms with E-state index >= 15 is 0 Å². The van der Waals surface area contributed by atoms with E-state index in [-0.39, 0.29) is 0 Å². The third-order valence-corrected chi connectivity index (χ3v) is 0.305. The molecule has 0 fully saturated rings. The van der Waals surface area contributed by atoms with Crippen molar-refractivity contribution in [1.29, 1.82) is 0 Å². The van der Waals surface area contributed by atoms with Crippen LogP contribution in [-0.4, -0.2) is 0 Å². The number of hydrogen-bond donors (Lipinski definition) is 0. The van der Waals surface area contributed by atoms with Crippen LogP contribution in [0.5, 0.6) is 0 Å². The third-order valence-electron chi connectivity index (χ3n) is 0.305. The van der Waals surface area contributed by atoms with E-state index in [0.717, 1.165) is 0 Å². The number of allylic oxidation sites excluding steroid dienone is 1. The molecule has 0 bridgehead atoms. The van der Waals surface area contributed by atoms with Crippen LogP contribution in [0.2, 0.25) is 0 Å². The Balaban J connectivity index is 4.19. The molecule has 0 aromatic heterocycles. The predicted octanol–water partition coefficient (Wildman–Crippen LogP) is 1.66. The molecule has 0 aromatic rings. The molecule has 0 aliphatic heterocycles. The van der Waals surface area contributed by atoms with E-state index in [1.165, 1.54) is 0 Å². The van der Waals surface area contributed by atoms with Crippen molar-refractivity contribution in [3.8, 4) is 0 Å². The van der Waals surface area contributed by atoms with Gasteiger partial charge in [-0.15, -0.1) is 0 Å². The highest BCUT2D eigenvalue weighted by atomic mass is 13.4. The minimum absolute atomic E-state index is 1.75. The second kappa shape index (κ2) is 4.08. The minimum Gasteiger partial charge on any atom is -0.0693 e. The summed E-state index contributed by atoms with van der Waals surface area (Å²) in [5, 5.41) is 0. The Kier molecular flexibility index (Phi) is 3.45. The van der Waals surface area contributed by atoms with Gasteiger partial charge in [-0.25, -0.2) is 0 Å². The van der Waals surface area contributed by atoms with Gasteiger partial charge in [-0.2, -0.15) is 0 Å². The third kappa shape index (κ3) is 3.08. The van der Waals surface area contributed by atoms with Crippen LogP contribution in [0.15, 0.2) is 29.8 Å². The lowest BCUT2D eigenvalue weighted by Gasteiger charge is -1.41.